The third-order valence-electron chi connectivity index (χ3n) is 5.20. The summed E-state index contributed by atoms with van der Waals surface area (Å²) in [6.07, 6.45) is 3.72. The number of hydrogen-bond acceptors (Lipinski definition) is 4. The Kier molecular flexibility index (Phi) is 6.14. The molecular formula is C20H29N3O3. The predicted octanol–water partition coefficient (Wildman–Crippen LogP) is 2.37. The monoisotopic (exact) mass is 359 g/mol. The van der Waals surface area contributed by atoms with Gasteiger partial charge in [-0.15, -0.1) is 0 Å². The van der Waals surface area contributed by atoms with Crippen LogP contribution in [0.1, 0.15) is 38.2 Å². The van der Waals surface area contributed by atoms with Gasteiger partial charge in [0.15, 0.2) is 0 Å². The van der Waals surface area contributed by atoms with E-state index in [-0.39, 0.29) is 12.0 Å². The summed E-state index contributed by atoms with van der Waals surface area (Å²) in [5.74, 6) is 0.432. The molecule has 1 heterocycles. The lowest BCUT2D eigenvalue weighted by Gasteiger charge is -2.35. The summed E-state index contributed by atoms with van der Waals surface area (Å²) in [6.45, 7) is 4.21. The van der Waals surface area contributed by atoms with E-state index in [0.29, 0.717) is 18.6 Å². The van der Waals surface area contributed by atoms with Crippen molar-refractivity contribution in [1.29, 1.82) is 0 Å². The molecule has 1 aromatic rings. The van der Waals surface area contributed by atoms with Crippen LogP contribution in [0.15, 0.2) is 30.3 Å². The maximum atomic E-state index is 12.6. The Labute approximate surface area is 155 Å². The Bertz CT molecular complexity index is 608. The van der Waals surface area contributed by atoms with Crippen LogP contribution in [0, 0.1) is 5.92 Å². The van der Waals surface area contributed by atoms with Gasteiger partial charge in [-0.2, -0.15) is 0 Å². The minimum absolute atomic E-state index is 0.0183. The molecule has 6 heteroatoms. The molecule has 3 rings (SSSR count). The van der Waals surface area contributed by atoms with Gasteiger partial charge >= 0.3 is 6.09 Å². The Balaban J connectivity index is 1.48. The van der Waals surface area contributed by atoms with Gasteiger partial charge in [-0.3, -0.25) is 4.79 Å². The van der Waals surface area contributed by atoms with Crippen molar-refractivity contribution in [2.75, 3.05) is 19.6 Å². The van der Waals surface area contributed by atoms with Crippen LogP contribution in [-0.2, 0) is 16.1 Å². The zero-order valence-corrected chi connectivity index (χ0v) is 15.5. The van der Waals surface area contributed by atoms with Crippen molar-refractivity contribution in [3.63, 3.8) is 0 Å². The van der Waals surface area contributed by atoms with Crippen LogP contribution in [0.4, 0.5) is 4.79 Å². The first-order chi connectivity index (χ1) is 12.5. The largest absolute Gasteiger partial charge is 0.445 e. The summed E-state index contributed by atoms with van der Waals surface area (Å²) in [6, 6.07) is 9.63. The smallest absolute Gasteiger partial charge is 0.410 e. The van der Waals surface area contributed by atoms with Crippen LogP contribution in [0.25, 0.3) is 0 Å². The number of piperidine rings is 1. The van der Waals surface area contributed by atoms with E-state index in [2.05, 4.69) is 0 Å². The highest BCUT2D eigenvalue weighted by Gasteiger charge is 2.36. The summed E-state index contributed by atoms with van der Waals surface area (Å²) in [7, 11) is 0. The molecule has 6 nitrogen and oxygen atoms in total. The van der Waals surface area contributed by atoms with Crippen molar-refractivity contribution in [1.82, 2.24) is 9.80 Å². The van der Waals surface area contributed by atoms with E-state index < -0.39 is 6.04 Å². The fourth-order valence-corrected chi connectivity index (χ4v) is 3.46. The molecule has 1 aliphatic heterocycles. The van der Waals surface area contributed by atoms with Gasteiger partial charge in [0.25, 0.3) is 0 Å². The van der Waals surface area contributed by atoms with E-state index in [1.807, 2.05) is 40.1 Å². The fraction of sp³-hybridized carbons (Fsp3) is 0.600. The first-order valence-electron chi connectivity index (χ1n) is 9.56. The maximum absolute atomic E-state index is 12.6. The average molecular weight is 359 g/mol. The molecule has 1 saturated carbocycles. The normalized spacial score (nSPS) is 19.1. The van der Waals surface area contributed by atoms with Gasteiger partial charge in [0.05, 0.1) is 6.04 Å². The molecule has 0 spiro atoms. The molecule has 1 aliphatic carbocycles. The zero-order chi connectivity index (χ0) is 18.5. The van der Waals surface area contributed by atoms with Crippen LogP contribution in [0.5, 0.6) is 0 Å². The third-order valence-corrected chi connectivity index (χ3v) is 5.20. The minimum atomic E-state index is -0.442. The number of carbonyl (C=O) groups is 2. The lowest BCUT2D eigenvalue weighted by Crippen LogP contribution is -2.47. The highest BCUT2D eigenvalue weighted by atomic mass is 16.6. The Morgan fingerprint density at radius 1 is 1.19 bits per heavy atom. The van der Waals surface area contributed by atoms with E-state index in [4.69, 9.17) is 10.5 Å². The molecule has 1 atom stereocenters. The number of nitrogens with zero attached hydrogens (tertiary/aromatic N) is 2. The number of benzene rings is 1. The molecule has 0 bridgehead atoms. The molecule has 142 valence electrons. The van der Waals surface area contributed by atoms with Gasteiger partial charge in [-0.1, -0.05) is 30.3 Å². The Morgan fingerprint density at radius 3 is 2.42 bits per heavy atom. The number of rotatable bonds is 6. The second-order valence-corrected chi connectivity index (χ2v) is 7.48. The number of likely N-dealkylation sites (tertiary alicyclic amines) is 1. The summed E-state index contributed by atoms with van der Waals surface area (Å²) < 4.78 is 5.53. The summed E-state index contributed by atoms with van der Waals surface area (Å²) >= 11 is 0. The first-order valence-corrected chi connectivity index (χ1v) is 9.56. The number of nitrogens with two attached hydrogens (primary N) is 1. The van der Waals surface area contributed by atoms with Crippen molar-refractivity contribution in [3.05, 3.63) is 35.9 Å². The standard InChI is InChI=1S/C20H29N3O3/c1-15(21)19(24)22-11-9-16(10-12-22)13-23(18-7-8-18)20(25)26-14-17-5-3-2-4-6-17/h2-6,15-16,18H,7-14,21H2,1H3. The minimum Gasteiger partial charge on any atom is -0.445 e. The molecule has 26 heavy (non-hydrogen) atoms. The van der Waals surface area contributed by atoms with Gasteiger partial charge in [0.2, 0.25) is 5.91 Å². The molecule has 1 aromatic carbocycles. The van der Waals surface area contributed by atoms with Gasteiger partial charge in [-0.25, -0.2) is 4.79 Å². The second kappa shape index (κ2) is 8.54. The number of hydrogen-bond donors (Lipinski definition) is 1. The van der Waals surface area contributed by atoms with Gasteiger partial charge < -0.3 is 20.3 Å². The van der Waals surface area contributed by atoms with Crippen molar-refractivity contribution in [2.45, 2.75) is 51.3 Å². The Hall–Kier alpha value is -2.08. The van der Waals surface area contributed by atoms with Gasteiger partial charge in [0.1, 0.15) is 6.61 Å². The predicted molar refractivity (Wildman–Crippen MR) is 99.3 cm³/mol. The molecular weight excluding hydrogens is 330 g/mol. The van der Waals surface area contributed by atoms with Crippen LogP contribution in [0.2, 0.25) is 0 Å². The van der Waals surface area contributed by atoms with Crippen LogP contribution >= 0.6 is 0 Å². The molecule has 2 amide bonds. The van der Waals surface area contributed by atoms with Crippen molar-refractivity contribution in [2.24, 2.45) is 11.7 Å². The van der Waals surface area contributed by atoms with Crippen LogP contribution in [-0.4, -0.2) is 53.5 Å². The summed E-state index contributed by atoms with van der Waals surface area (Å²) in [5.41, 5.74) is 6.69. The quantitative estimate of drug-likeness (QED) is 0.846. The van der Waals surface area contributed by atoms with E-state index in [1.165, 1.54) is 0 Å². The molecule has 1 saturated heterocycles. The fourth-order valence-electron chi connectivity index (χ4n) is 3.46. The lowest BCUT2D eigenvalue weighted by molar-refractivity contribution is -0.133. The summed E-state index contributed by atoms with van der Waals surface area (Å²) in [4.78, 5) is 28.3. The maximum Gasteiger partial charge on any atom is 0.410 e. The van der Waals surface area contributed by atoms with E-state index in [0.717, 1.165) is 50.9 Å². The SMILES string of the molecule is CC(N)C(=O)N1CCC(CN(C(=O)OCc2ccccc2)C2CC2)CC1. The molecule has 1 unspecified atom stereocenters. The van der Waals surface area contributed by atoms with Crippen LogP contribution in [0.3, 0.4) is 0 Å². The second-order valence-electron chi connectivity index (χ2n) is 7.48. The number of carbonyl (C=O) groups excluding carboxylic acids is 2. The average Bonchev–Trinajstić information content (AvgIpc) is 3.50. The number of amides is 2. The van der Waals surface area contributed by atoms with Crippen molar-refractivity contribution in [3.8, 4) is 0 Å². The summed E-state index contributed by atoms with van der Waals surface area (Å²) in [5, 5.41) is 0. The topological polar surface area (TPSA) is 75.9 Å². The van der Waals surface area contributed by atoms with Gasteiger partial charge in [-0.05, 0) is 44.1 Å². The van der Waals surface area contributed by atoms with E-state index in [9.17, 15) is 9.59 Å². The van der Waals surface area contributed by atoms with E-state index >= 15 is 0 Å². The lowest BCUT2D eigenvalue weighted by atomic mass is 9.95. The molecule has 0 aromatic heterocycles. The molecule has 2 fully saturated rings. The first kappa shape index (κ1) is 18.7. The van der Waals surface area contributed by atoms with Crippen LogP contribution < -0.4 is 5.73 Å². The van der Waals surface area contributed by atoms with Crippen molar-refractivity contribution < 1.29 is 14.3 Å². The van der Waals surface area contributed by atoms with E-state index in [1.54, 1.807) is 6.92 Å². The zero-order valence-electron chi connectivity index (χ0n) is 15.5. The number of ether oxygens (including phenoxy) is 1. The molecule has 0 radical (unpaired) electrons. The molecule has 2 N–H and O–H groups in total. The third kappa shape index (κ3) is 4.97. The Morgan fingerprint density at radius 2 is 1.85 bits per heavy atom. The van der Waals surface area contributed by atoms with Crippen molar-refractivity contribution >= 4 is 12.0 Å². The molecule has 2 aliphatic rings. The van der Waals surface area contributed by atoms with Gasteiger partial charge in [0, 0.05) is 25.7 Å². The highest BCUT2D eigenvalue weighted by molar-refractivity contribution is 5.81. The highest BCUT2D eigenvalue weighted by Crippen LogP contribution is 2.30.